The first kappa shape index (κ1) is 10.7. The lowest BCUT2D eigenvalue weighted by atomic mass is 9.84. The van der Waals surface area contributed by atoms with Gasteiger partial charge >= 0.3 is 0 Å². The summed E-state index contributed by atoms with van der Waals surface area (Å²) < 4.78 is 0. The Kier molecular flexibility index (Phi) is 3.78. The van der Waals surface area contributed by atoms with Crippen LogP contribution in [-0.4, -0.2) is 16.0 Å². The van der Waals surface area contributed by atoms with Gasteiger partial charge < -0.3 is 10.3 Å². The fourth-order valence-electron chi connectivity index (χ4n) is 2.45. The molecule has 0 aromatic carbocycles. The predicted molar refractivity (Wildman–Crippen MR) is 61.5 cm³/mol. The van der Waals surface area contributed by atoms with Crippen LogP contribution in [0.15, 0.2) is 12.4 Å². The number of hydrogen-bond acceptors (Lipinski definition) is 2. The molecule has 3 heteroatoms. The lowest BCUT2D eigenvalue weighted by Gasteiger charge is -2.28. The summed E-state index contributed by atoms with van der Waals surface area (Å²) in [7, 11) is 0. The molecule has 2 N–H and O–H groups in total. The molecule has 0 radical (unpaired) electrons. The number of aromatic nitrogens is 2. The van der Waals surface area contributed by atoms with Crippen molar-refractivity contribution in [2.24, 2.45) is 5.92 Å². The van der Waals surface area contributed by atoms with Gasteiger partial charge in [0.25, 0.3) is 0 Å². The summed E-state index contributed by atoms with van der Waals surface area (Å²) in [5, 5.41) is 3.56. The Morgan fingerprint density at radius 1 is 1.47 bits per heavy atom. The normalized spacial score (nSPS) is 20.3. The van der Waals surface area contributed by atoms with Crippen molar-refractivity contribution >= 4 is 0 Å². The van der Waals surface area contributed by atoms with Crippen molar-refractivity contribution in [3.05, 3.63) is 18.2 Å². The summed E-state index contributed by atoms with van der Waals surface area (Å²) in [5.41, 5.74) is 0. The van der Waals surface area contributed by atoms with Crippen molar-refractivity contribution in [3.63, 3.8) is 0 Å². The minimum Gasteiger partial charge on any atom is -0.348 e. The van der Waals surface area contributed by atoms with Gasteiger partial charge in [0, 0.05) is 18.4 Å². The van der Waals surface area contributed by atoms with Crippen molar-refractivity contribution in [1.82, 2.24) is 15.3 Å². The Labute approximate surface area is 91.7 Å². The minimum absolute atomic E-state index is 0.621. The summed E-state index contributed by atoms with van der Waals surface area (Å²) >= 11 is 0. The molecule has 1 saturated carbocycles. The second-order valence-corrected chi connectivity index (χ2v) is 4.60. The molecule has 0 spiro atoms. The number of aromatic amines is 1. The third-order valence-corrected chi connectivity index (χ3v) is 3.50. The molecule has 2 rings (SSSR count). The average Bonchev–Trinajstić information content (AvgIpc) is 2.80. The molecule has 1 aliphatic carbocycles. The number of imidazole rings is 1. The Morgan fingerprint density at radius 3 is 2.93 bits per heavy atom. The molecule has 15 heavy (non-hydrogen) atoms. The number of H-pyrrole nitrogens is 1. The molecular weight excluding hydrogens is 186 g/mol. The van der Waals surface area contributed by atoms with Crippen LogP contribution in [0.2, 0.25) is 0 Å². The van der Waals surface area contributed by atoms with Gasteiger partial charge in [-0.1, -0.05) is 19.3 Å². The van der Waals surface area contributed by atoms with E-state index in [-0.39, 0.29) is 0 Å². The standard InChI is InChI=1S/C12H21N3/c1-10(11-5-3-2-4-6-11)15-9-12-13-7-8-14-12/h7-8,10-11,15H,2-6,9H2,1H3,(H,13,14)/t10-/m0/s1. The maximum Gasteiger partial charge on any atom is 0.120 e. The second-order valence-electron chi connectivity index (χ2n) is 4.60. The topological polar surface area (TPSA) is 40.7 Å². The van der Waals surface area contributed by atoms with Crippen molar-refractivity contribution in [1.29, 1.82) is 0 Å². The number of rotatable bonds is 4. The van der Waals surface area contributed by atoms with Crippen LogP contribution < -0.4 is 5.32 Å². The zero-order valence-corrected chi connectivity index (χ0v) is 9.50. The van der Waals surface area contributed by atoms with Gasteiger partial charge in [0.1, 0.15) is 5.82 Å². The molecule has 1 aromatic rings. The molecule has 1 aliphatic rings. The van der Waals surface area contributed by atoms with Gasteiger partial charge in [-0.2, -0.15) is 0 Å². The monoisotopic (exact) mass is 207 g/mol. The Hall–Kier alpha value is -0.830. The van der Waals surface area contributed by atoms with Gasteiger partial charge in [0.2, 0.25) is 0 Å². The minimum atomic E-state index is 0.621. The van der Waals surface area contributed by atoms with Crippen molar-refractivity contribution in [2.45, 2.75) is 51.6 Å². The molecule has 1 aromatic heterocycles. The zero-order chi connectivity index (χ0) is 10.5. The van der Waals surface area contributed by atoms with Gasteiger partial charge in [-0.05, 0) is 25.7 Å². The van der Waals surface area contributed by atoms with E-state index in [4.69, 9.17) is 0 Å². The fourth-order valence-corrected chi connectivity index (χ4v) is 2.45. The van der Waals surface area contributed by atoms with Crippen LogP contribution in [0.25, 0.3) is 0 Å². The smallest absolute Gasteiger partial charge is 0.120 e. The van der Waals surface area contributed by atoms with Crippen LogP contribution in [0, 0.1) is 5.92 Å². The number of hydrogen-bond donors (Lipinski definition) is 2. The maximum atomic E-state index is 4.22. The van der Waals surface area contributed by atoms with Crippen molar-refractivity contribution < 1.29 is 0 Å². The fraction of sp³-hybridized carbons (Fsp3) is 0.750. The highest BCUT2D eigenvalue weighted by Crippen LogP contribution is 2.26. The van der Waals surface area contributed by atoms with E-state index in [0.717, 1.165) is 18.3 Å². The molecule has 0 amide bonds. The third kappa shape index (κ3) is 3.06. The Morgan fingerprint density at radius 2 is 2.27 bits per heavy atom. The van der Waals surface area contributed by atoms with E-state index in [1.807, 2.05) is 12.4 Å². The van der Waals surface area contributed by atoms with Crippen LogP contribution in [0.4, 0.5) is 0 Å². The van der Waals surface area contributed by atoms with E-state index in [9.17, 15) is 0 Å². The van der Waals surface area contributed by atoms with Gasteiger partial charge in [0.15, 0.2) is 0 Å². The maximum absolute atomic E-state index is 4.22. The largest absolute Gasteiger partial charge is 0.348 e. The summed E-state index contributed by atoms with van der Waals surface area (Å²) in [5.74, 6) is 1.91. The van der Waals surface area contributed by atoms with Gasteiger partial charge in [-0.15, -0.1) is 0 Å². The highest BCUT2D eigenvalue weighted by atomic mass is 15.0. The molecule has 1 atom stereocenters. The molecule has 3 nitrogen and oxygen atoms in total. The molecule has 84 valence electrons. The molecule has 1 heterocycles. The summed E-state index contributed by atoms with van der Waals surface area (Å²) in [6.45, 7) is 3.17. The van der Waals surface area contributed by atoms with E-state index in [0.29, 0.717) is 6.04 Å². The quantitative estimate of drug-likeness (QED) is 0.796. The summed E-state index contributed by atoms with van der Waals surface area (Å²) in [6.07, 6.45) is 10.7. The third-order valence-electron chi connectivity index (χ3n) is 3.50. The van der Waals surface area contributed by atoms with Crippen LogP contribution in [0.3, 0.4) is 0 Å². The van der Waals surface area contributed by atoms with Gasteiger partial charge in [-0.25, -0.2) is 4.98 Å². The highest BCUT2D eigenvalue weighted by molar-refractivity contribution is 4.87. The van der Waals surface area contributed by atoms with Crippen LogP contribution >= 0.6 is 0 Å². The van der Waals surface area contributed by atoms with Crippen LogP contribution in [0.1, 0.15) is 44.9 Å². The molecule has 0 saturated heterocycles. The Bertz CT molecular complexity index is 262. The zero-order valence-electron chi connectivity index (χ0n) is 9.50. The van der Waals surface area contributed by atoms with Crippen molar-refractivity contribution in [3.8, 4) is 0 Å². The Balaban J connectivity index is 1.74. The first-order valence-corrected chi connectivity index (χ1v) is 6.08. The predicted octanol–water partition coefficient (Wildman–Crippen LogP) is 2.47. The summed E-state index contributed by atoms with van der Waals surface area (Å²) in [6, 6.07) is 0.621. The van der Waals surface area contributed by atoms with E-state index in [2.05, 4.69) is 22.2 Å². The molecule has 0 bridgehead atoms. The average molecular weight is 207 g/mol. The molecular formula is C12H21N3. The second kappa shape index (κ2) is 5.31. The molecule has 0 aliphatic heterocycles. The lowest BCUT2D eigenvalue weighted by Crippen LogP contribution is -2.34. The van der Waals surface area contributed by atoms with E-state index in [1.165, 1.54) is 32.1 Å². The summed E-state index contributed by atoms with van der Waals surface area (Å²) in [4.78, 5) is 7.34. The van der Waals surface area contributed by atoms with E-state index >= 15 is 0 Å². The van der Waals surface area contributed by atoms with Crippen LogP contribution in [-0.2, 0) is 6.54 Å². The molecule has 0 unspecified atom stereocenters. The van der Waals surface area contributed by atoms with Gasteiger partial charge in [0.05, 0.1) is 6.54 Å². The van der Waals surface area contributed by atoms with E-state index in [1.54, 1.807) is 0 Å². The lowest BCUT2D eigenvalue weighted by molar-refractivity contribution is 0.279. The number of nitrogens with one attached hydrogen (secondary N) is 2. The first-order chi connectivity index (χ1) is 7.36. The number of nitrogens with zero attached hydrogens (tertiary/aromatic N) is 1. The SMILES string of the molecule is C[C@H](NCc1ncc[nH]1)C1CCCCC1. The van der Waals surface area contributed by atoms with Crippen LogP contribution in [0.5, 0.6) is 0 Å². The molecule has 1 fully saturated rings. The highest BCUT2D eigenvalue weighted by Gasteiger charge is 2.19. The first-order valence-electron chi connectivity index (χ1n) is 6.08. The van der Waals surface area contributed by atoms with E-state index < -0.39 is 0 Å². The van der Waals surface area contributed by atoms with Crippen molar-refractivity contribution in [2.75, 3.05) is 0 Å². The van der Waals surface area contributed by atoms with Gasteiger partial charge in [-0.3, -0.25) is 0 Å².